The van der Waals surface area contributed by atoms with Gasteiger partial charge in [-0.3, -0.25) is 4.98 Å². The van der Waals surface area contributed by atoms with E-state index in [9.17, 15) is 21.6 Å². The summed E-state index contributed by atoms with van der Waals surface area (Å²) in [5.74, 6) is 0. The molecular weight excluding hydrogens is 369 g/mol. The summed E-state index contributed by atoms with van der Waals surface area (Å²) in [6.07, 6.45) is -1.00. The Morgan fingerprint density at radius 2 is 1.88 bits per heavy atom. The summed E-state index contributed by atoms with van der Waals surface area (Å²) in [7, 11) is -4.46. The summed E-state index contributed by atoms with van der Waals surface area (Å²) in [6.45, 7) is 1.72. The molecule has 0 unspecified atom stereocenters. The molecule has 0 aliphatic rings. The lowest BCUT2D eigenvalue weighted by Crippen LogP contribution is -2.20. The minimum atomic E-state index is -4.82. The van der Waals surface area contributed by atoms with Crippen molar-refractivity contribution in [2.75, 3.05) is 0 Å². The number of hydrogen-bond acceptors (Lipinski definition) is 4. The number of rotatable bonds is 3. The number of sulfonamides is 1. The Labute approximate surface area is 147 Å². The molecule has 2 N–H and O–H groups in total. The molecule has 2 heterocycles. The second-order valence-electron chi connectivity index (χ2n) is 5.55. The summed E-state index contributed by atoms with van der Waals surface area (Å²) in [5.41, 5.74) is -0.774. The molecule has 0 radical (unpaired) electrons. The maximum atomic E-state index is 13.7. The van der Waals surface area contributed by atoms with Gasteiger partial charge in [-0.25, -0.2) is 18.2 Å². The smallest absolute Gasteiger partial charge is 0.261 e. The van der Waals surface area contributed by atoms with E-state index in [1.165, 1.54) is 24.7 Å². The van der Waals surface area contributed by atoms with Gasteiger partial charge in [-0.05, 0) is 36.8 Å². The lowest BCUT2D eigenvalue weighted by Gasteiger charge is -2.18. The van der Waals surface area contributed by atoms with E-state index in [1.54, 1.807) is 19.1 Å². The molecule has 3 rings (SSSR count). The van der Waals surface area contributed by atoms with E-state index in [0.29, 0.717) is 11.3 Å². The fourth-order valence-electron chi connectivity index (χ4n) is 2.48. The third-order valence-electron chi connectivity index (χ3n) is 3.67. The first kappa shape index (κ1) is 18.1. The third-order valence-corrected chi connectivity index (χ3v) is 4.59. The second-order valence-corrected chi connectivity index (χ2v) is 7.08. The average molecular weight is 382 g/mol. The van der Waals surface area contributed by atoms with E-state index in [2.05, 4.69) is 10.1 Å². The van der Waals surface area contributed by atoms with Crippen molar-refractivity contribution >= 4 is 10.0 Å². The van der Waals surface area contributed by atoms with Crippen LogP contribution >= 0.6 is 0 Å². The van der Waals surface area contributed by atoms with Gasteiger partial charge in [-0.2, -0.15) is 18.3 Å². The molecule has 26 heavy (non-hydrogen) atoms. The zero-order valence-corrected chi connectivity index (χ0v) is 14.2. The highest BCUT2D eigenvalue weighted by atomic mass is 32.2. The van der Waals surface area contributed by atoms with Crippen molar-refractivity contribution in [1.29, 1.82) is 0 Å². The van der Waals surface area contributed by atoms with Crippen LogP contribution in [0.2, 0.25) is 0 Å². The third kappa shape index (κ3) is 3.46. The number of halogens is 3. The van der Waals surface area contributed by atoms with E-state index in [4.69, 9.17) is 5.14 Å². The van der Waals surface area contributed by atoms with Gasteiger partial charge in [0.05, 0.1) is 11.3 Å². The van der Waals surface area contributed by atoms with E-state index in [1.807, 2.05) is 0 Å². The molecular formula is C16H13F3N4O2S. The van der Waals surface area contributed by atoms with Gasteiger partial charge in [0.1, 0.15) is 4.90 Å². The molecule has 1 aromatic carbocycles. The summed E-state index contributed by atoms with van der Waals surface area (Å²) < 4.78 is 65.9. The summed E-state index contributed by atoms with van der Waals surface area (Å²) in [5, 5.41) is 8.93. The molecule has 0 aliphatic heterocycles. The molecule has 2 aromatic heterocycles. The van der Waals surface area contributed by atoms with Crippen LogP contribution in [0.4, 0.5) is 13.2 Å². The van der Waals surface area contributed by atoms with Crippen molar-refractivity contribution in [3.05, 3.63) is 60.2 Å². The predicted octanol–water partition coefficient (Wildman–Crippen LogP) is 2.91. The number of nitrogens with two attached hydrogens (primary N) is 1. The summed E-state index contributed by atoms with van der Waals surface area (Å²) >= 11 is 0. The maximum absolute atomic E-state index is 13.7. The highest BCUT2D eigenvalue weighted by Gasteiger charge is 2.37. The first-order chi connectivity index (χ1) is 12.1. The van der Waals surface area contributed by atoms with Gasteiger partial charge in [0.15, 0.2) is 0 Å². The molecule has 0 saturated carbocycles. The van der Waals surface area contributed by atoms with Crippen molar-refractivity contribution in [2.45, 2.75) is 18.0 Å². The number of aryl methyl sites for hydroxylation is 1. The molecule has 10 heteroatoms. The highest BCUT2D eigenvalue weighted by Crippen LogP contribution is 2.39. The fraction of sp³-hybridized carbons (Fsp3) is 0.125. The Bertz CT molecular complexity index is 1040. The normalized spacial score (nSPS) is 12.3. The van der Waals surface area contributed by atoms with Crippen molar-refractivity contribution in [1.82, 2.24) is 14.8 Å². The van der Waals surface area contributed by atoms with E-state index >= 15 is 0 Å². The van der Waals surface area contributed by atoms with Crippen LogP contribution in [-0.4, -0.2) is 23.2 Å². The van der Waals surface area contributed by atoms with Crippen LogP contribution in [0.5, 0.6) is 0 Å². The lowest BCUT2D eigenvalue weighted by atomic mass is 10.0. The SMILES string of the molecule is Cc1ccc(-c2cc(C(F)(F)F)c(-n3cccn3)c(S(N)(=O)=O)c2)cn1. The number of benzene rings is 1. The predicted molar refractivity (Wildman–Crippen MR) is 87.9 cm³/mol. The first-order valence-corrected chi connectivity index (χ1v) is 8.83. The van der Waals surface area contributed by atoms with Gasteiger partial charge in [0.25, 0.3) is 0 Å². The fourth-order valence-corrected chi connectivity index (χ4v) is 3.25. The molecule has 3 aromatic rings. The summed E-state index contributed by atoms with van der Waals surface area (Å²) in [4.78, 5) is 3.36. The van der Waals surface area contributed by atoms with Gasteiger partial charge < -0.3 is 0 Å². The number of aromatic nitrogens is 3. The molecule has 0 spiro atoms. The molecule has 0 fully saturated rings. The molecule has 136 valence electrons. The summed E-state index contributed by atoms with van der Waals surface area (Å²) in [6, 6.07) is 6.50. The van der Waals surface area contributed by atoms with Crippen molar-refractivity contribution in [3.63, 3.8) is 0 Å². The monoisotopic (exact) mass is 382 g/mol. The van der Waals surface area contributed by atoms with E-state index in [0.717, 1.165) is 16.8 Å². The molecule has 0 bridgehead atoms. The van der Waals surface area contributed by atoms with Crippen LogP contribution in [0, 0.1) is 6.92 Å². The minimum absolute atomic E-state index is 0.0322. The first-order valence-electron chi connectivity index (χ1n) is 7.28. The molecule has 0 aliphatic carbocycles. The van der Waals surface area contributed by atoms with E-state index < -0.39 is 32.3 Å². The van der Waals surface area contributed by atoms with Crippen molar-refractivity contribution in [3.8, 4) is 16.8 Å². The minimum Gasteiger partial charge on any atom is -0.261 e. The molecule has 0 atom stereocenters. The van der Waals surface area contributed by atoms with Gasteiger partial charge in [0.2, 0.25) is 10.0 Å². The Kier molecular flexibility index (Phi) is 4.32. The average Bonchev–Trinajstić information content (AvgIpc) is 3.07. The van der Waals surface area contributed by atoms with Gasteiger partial charge in [0, 0.05) is 29.8 Å². The Hall–Kier alpha value is -2.72. The standard InChI is InChI=1S/C16H13F3N4O2S/c1-10-3-4-11(9-21-10)12-7-13(16(17,18)19)15(23-6-2-5-22-23)14(8-12)26(20,24)25/h2-9H,1H3,(H2,20,24,25). The zero-order chi connectivity index (χ0) is 19.1. The van der Waals surface area contributed by atoms with Crippen LogP contribution < -0.4 is 5.14 Å². The largest absolute Gasteiger partial charge is 0.418 e. The topological polar surface area (TPSA) is 90.9 Å². The van der Waals surface area contributed by atoms with Crippen LogP contribution in [-0.2, 0) is 16.2 Å². The zero-order valence-electron chi connectivity index (χ0n) is 13.4. The number of alkyl halides is 3. The Morgan fingerprint density at radius 3 is 2.38 bits per heavy atom. The molecule has 0 amide bonds. The van der Waals surface area contributed by atoms with Crippen LogP contribution in [0.3, 0.4) is 0 Å². The number of nitrogens with zero attached hydrogens (tertiary/aromatic N) is 3. The number of hydrogen-bond donors (Lipinski definition) is 1. The Balaban J connectivity index is 2.40. The number of primary sulfonamides is 1. The van der Waals surface area contributed by atoms with Crippen molar-refractivity contribution in [2.24, 2.45) is 5.14 Å². The number of pyridine rings is 1. The second kappa shape index (κ2) is 6.22. The van der Waals surface area contributed by atoms with Crippen molar-refractivity contribution < 1.29 is 21.6 Å². The highest BCUT2D eigenvalue weighted by molar-refractivity contribution is 7.89. The van der Waals surface area contributed by atoms with Gasteiger partial charge in [-0.1, -0.05) is 6.07 Å². The lowest BCUT2D eigenvalue weighted by molar-refractivity contribution is -0.137. The molecule has 6 nitrogen and oxygen atoms in total. The van der Waals surface area contributed by atoms with E-state index in [-0.39, 0.29) is 5.56 Å². The molecule has 0 saturated heterocycles. The van der Waals surface area contributed by atoms with Crippen LogP contribution in [0.15, 0.2) is 53.8 Å². The maximum Gasteiger partial charge on any atom is 0.418 e. The quantitative estimate of drug-likeness (QED) is 0.754. The van der Waals surface area contributed by atoms with Gasteiger partial charge >= 0.3 is 6.18 Å². The Morgan fingerprint density at radius 1 is 1.15 bits per heavy atom. The van der Waals surface area contributed by atoms with Gasteiger partial charge in [-0.15, -0.1) is 0 Å². The van der Waals surface area contributed by atoms with Crippen LogP contribution in [0.25, 0.3) is 16.8 Å². The van der Waals surface area contributed by atoms with Crippen LogP contribution in [0.1, 0.15) is 11.3 Å².